The topological polar surface area (TPSA) is 0 Å². The molecule has 1 aliphatic carbocycles. The molecule has 0 radical (unpaired) electrons. The average Bonchev–Trinajstić information content (AvgIpc) is 2.64. The SMILES string of the molecule is CCC[C@H]1CC[C@H](CCc2ccc(-c3ccc(Cl)c(F)c3)c(F)c2)CC1. The van der Waals surface area contributed by atoms with Gasteiger partial charge >= 0.3 is 0 Å². The first kappa shape index (κ1) is 19.4. The molecule has 0 bridgehead atoms. The molecule has 0 saturated heterocycles. The summed E-state index contributed by atoms with van der Waals surface area (Å²) < 4.78 is 28.1. The summed E-state index contributed by atoms with van der Waals surface area (Å²) in [5.41, 5.74) is 1.96. The zero-order valence-corrected chi connectivity index (χ0v) is 16.2. The first-order chi connectivity index (χ1) is 12.6. The van der Waals surface area contributed by atoms with Crippen molar-refractivity contribution in [1.29, 1.82) is 0 Å². The van der Waals surface area contributed by atoms with Crippen LogP contribution in [-0.2, 0) is 6.42 Å². The van der Waals surface area contributed by atoms with Crippen molar-refractivity contribution in [3.8, 4) is 11.1 Å². The molecule has 0 N–H and O–H groups in total. The van der Waals surface area contributed by atoms with Gasteiger partial charge in [0.1, 0.15) is 11.6 Å². The molecule has 2 aromatic carbocycles. The van der Waals surface area contributed by atoms with Gasteiger partial charge in [0.2, 0.25) is 0 Å². The van der Waals surface area contributed by atoms with Crippen molar-refractivity contribution in [1.82, 2.24) is 0 Å². The van der Waals surface area contributed by atoms with E-state index in [-0.39, 0.29) is 10.8 Å². The van der Waals surface area contributed by atoms with E-state index in [4.69, 9.17) is 11.6 Å². The van der Waals surface area contributed by atoms with Crippen molar-refractivity contribution in [3.05, 3.63) is 58.6 Å². The largest absolute Gasteiger partial charge is 0.206 e. The third-order valence-electron chi connectivity index (χ3n) is 5.77. The summed E-state index contributed by atoms with van der Waals surface area (Å²) in [5, 5.41) is 0.0550. The first-order valence-corrected chi connectivity index (χ1v) is 10.2. The van der Waals surface area contributed by atoms with Gasteiger partial charge in [0.15, 0.2) is 0 Å². The van der Waals surface area contributed by atoms with Gasteiger partial charge in [-0.3, -0.25) is 0 Å². The minimum atomic E-state index is -0.522. The molecule has 26 heavy (non-hydrogen) atoms. The van der Waals surface area contributed by atoms with Crippen molar-refractivity contribution in [2.45, 2.75) is 58.3 Å². The second kappa shape index (κ2) is 8.99. The first-order valence-electron chi connectivity index (χ1n) is 9.80. The minimum absolute atomic E-state index is 0.0550. The maximum absolute atomic E-state index is 14.5. The number of hydrogen-bond donors (Lipinski definition) is 0. The summed E-state index contributed by atoms with van der Waals surface area (Å²) in [6, 6.07) is 9.73. The Morgan fingerprint density at radius 2 is 1.58 bits per heavy atom. The second-order valence-electron chi connectivity index (χ2n) is 7.66. The van der Waals surface area contributed by atoms with Crippen LogP contribution in [0.25, 0.3) is 11.1 Å². The lowest BCUT2D eigenvalue weighted by atomic mass is 9.78. The highest BCUT2D eigenvalue weighted by molar-refractivity contribution is 6.30. The van der Waals surface area contributed by atoms with Crippen LogP contribution in [0.5, 0.6) is 0 Å². The zero-order valence-electron chi connectivity index (χ0n) is 15.4. The molecule has 140 valence electrons. The number of rotatable bonds is 6. The smallest absolute Gasteiger partial charge is 0.142 e. The molecule has 0 nitrogen and oxygen atoms in total. The monoisotopic (exact) mass is 376 g/mol. The Morgan fingerprint density at radius 1 is 0.885 bits per heavy atom. The molecule has 0 aromatic heterocycles. The lowest BCUT2D eigenvalue weighted by Crippen LogP contribution is -2.15. The van der Waals surface area contributed by atoms with E-state index in [2.05, 4.69) is 6.92 Å². The van der Waals surface area contributed by atoms with Gasteiger partial charge in [0.05, 0.1) is 5.02 Å². The summed E-state index contributed by atoms with van der Waals surface area (Å²) in [6.45, 7) is 2.27. The number of hydrogen-bond acceptors (Lipinski definition) is 0. The Balaban J connectivity index is 1.59. The van der Waals surface area contributed by atoms with E-state index in [0.29, 0.717) is 11.1 Å². The van der Waals surface area contributed by atoms with Crippen LogP contribution in [0.3, 0.4) is 0 Å². The lowest BCUT2D eigenvalue weighted by Gasteiger charge is -2.28. The number of aryl methyl sites for hydroxylation is 1. The normalized spacial score (nSPS) is 20.3. The third kappa shape index (κ3) is 4.85. The molecule has 0 unspecified atom stereocenters. The van der Waals surface area contributed by atoms with Crippen molar-refractivity contribution in [2.24, 2.45) is 11.8 Å². The molecule has 3 heteroatoms. The molecule has 3 rings (SSSR count). The van der Waals surface area contributed by atoms with Gasteiger partial charge in [0, 0.05) is 5.56 Å². The van der Waals surface area contributed by atoms with Crippen LogP contribution in [0.2, 0.25) is 5.02 Å². The molecule has 1 aliphatic rings. The summed E-state index contributed by atoms with van der Waals surface area (Å²) in [4.78, 5) is 0. The highest BCUT2D eigenvalue weighted by Crippen LogP contribution is 2.34. The van der Waals surface area contributed by atoms with Gasteiger partial charge in [-0.1, -0.05) is 75.2 Å². The van der Waals surface area contributed by atoms with Crippen molar-refractivity contribution in [2.75, 3.05) is 0 Å². The molecule has 0 aliphatic heterocycles. The van der Waals surface area contributed by atoms with Crippen LogP contribution >= 0.6 is 11.6 Å². The molecule has 2 aromatic rings. The third-order valence-corrected chi connectivity index (χ3v) is 6.08. The predicted molar refractivity (Wildman–Crippen MR) is 105 cm³/mol. The summed E-state index contributed by atoms with van der Waals surface area (Å²) in [5.74, 6) is 0.881. The maximum Gasteiger partial charge on any atom is 0.142 e. The molecular weight excluding hydrogens is 350 g/mol. The van der Waals surface area contributed by atoms with E-state index in [1.807, 2.05) is 6.07 Å². The van der Waals surface area contributed by atoms with Gasteiger partial charge in [-0.05, 0) is 54.0 Å². The Kier molecular flexibility index (Phi) is 6.69. The van der Waals surface area contributed by atoms with Crippen LogP contribution in [0.4, 0.5) is 8.78 Å². The van der Waals surface area contributed by atoms with E-state index in [1.54, 1.807) is 18.2 Å². The lowest BCUT2D eigenvalue weighted by molar-refractivity contribution is 0.252. The van der Waals surface area contributed by atoms with Crippen LogP contribution in [-0.4, -0.2) is 0 Å². The molecule has 0 spiro atoms. The van der Waals surface area contributed by atoms with Crippen LogP contribution in [0.15, 0.2) is 36.4 Å². The Morgan fingerprint density at radius 3 is 2.19 bits per heavy atom. The van der Waals surface area contributed by atoms with Crippen molar-refractivity contribution < 1.29 is 8.78 Å². The second-order valence-corrected chi connectivity index (χ2v) is 8.06. The van der Waals surface area contributed by atoms with Gasteiger partial charge < -0.3 is 0 Å². The molecular formula is C23H27ClF2. The van der Waals surface area contributed by atoms with Gasteiger partial charge in [-0.25, -0.2) is 8.78 Å². The minimum Gasteiger partial charge on any atom is -0.206 e. The van der Waals surface area contributed by atoms with Gasteiger partial charge in [-0.15, -0.1) is 0 Å². The molecule has 0 amide bonds. The van der Waals surface area contributed by atoms with Crippen molar-refractivity contribution in [3.63, 3.8) is 0 Å². The van der Waals surface area contributed by atoms with E-state index in [0.717, 1.165) is 30.2 Å². The quantitative estimate of drug-likeness (QED) is 0.482. The number of halogens is 3. The van der Waals surface area contributed by atoms with Gasteiger partial charge in [0.25, 0.3) is 0 Å². The Labute approximate surface area is 160 Å². The highest BCUT2D eigenvalue weighted by atomic mass is 35.5. The van der Waals surface area contributed by atoms with E-state index in [9.17, 15) is 8.78 Å². The maximum atomic E-state index is 14.5. The Hall–Kier alpha value is -1.41. The highest BCUT2D eigenvalue weighted by Gasteiger charge is 2.20. The van der Waals surface area contributed by atoms with E-state index in [1.165, 1.54) is 50.7 Å². The standard InChI is InChI=1S/C23H27ClF2/c1-2-3-16-4-6-17(7-5-16)8-9-18-10-12-20(22(25)14-18)19-11-13-21(24)23(26)15-19/h10-17H,2-9H2,1H3/t16-,17-. The van der Waals surface area contributed by atoms with E-state index < -0.39 is 5.82 Å². The summed E-state index contributed by atoms with van der Waals surface area (Å²) >= 11 is 5.71. The number of benzene rings is 2. The van der Waals surface area contributed by atoms with Crippen LogP contribution in [0, 0.1) is 23.5 Å². The van der Waals surface area contributed by atoms with Gasteiger partial charge in [-0.2, -0.15) is 0 Å². The zero-order chi connectivity index (χ0) is 18.5. The Bertz CT molecular complexity index is 733. The van der Waals surface area contributed by atoms with Crippen LogP contribution < -0.4 is 0 Å². The molecule has 1 fully saturated rings. The average molecular weight is 377 g/mol. The van der Waals surface area contributed by atoms with Crippen LogP contribution in [0.1, 0.15) is 57.4 Å². The summed E-state index contributed by atoms with van der Waals surface area (Å²) in [7, 11) is 0. The predicted octanol–water partition coefficient (Wildman–Crippen LogP) is 7.82. The van der Waals surface area contributed by atoms with E-state index >= 15 is 0 Å². The fourth-order valence-electron chi connectivity index (χ4n) is 4.20. The molecule has 0 heterocycles. The fraction of sp³-hybridized carbons (Fsp3) is 0.478. The fourth-order valence-corrected chi connectivity index (χ4v) is 4.32. The molecule has 1 saturated carbocycles. The van der Waals surface area contributed by atoms with Crippen molar-refractivity contribution >= 4 is 11.6 Å². The summed E-state index contributed by atoms with van der Waals surface area (Å²) in [6.07, 6.45) is 10.0. The molecule has 0 atom stereocenters.